The van der Waals surface area contributed by atoms with Crippen LogP contribution in [0.5, 0.6) is 0 Å². The average Bonchev–Trinajstić information content (AvgIpc) is 2.57. The van der Waals surface area contributed by atoms with Crippen molar-refractivity contribution < 1.29 is 0 Å². The van der Waals surface area contributed by atoms with Gasteiger partial charge in [-0.15, -0.1) is 0 Å². The van der Waals surface area contributed by atoms with E-state index < -0.39 is 8.07 Å². The van der Waals surface area contributed by atoms with Crippen molar-refractivity contribution in [3.05, 3.63) is 54.6 Å². The van der Waals surface area contributed by atoms with Crippen molar-refractivity contribution in [1.29, 1.82) is 0 Å². The van der Waals surface area contributed by atoms with Gasteiger partial charge < -0.3 is 4.90 Å². The molecule has 0 bridgehead atoms. The number of para-hydroxylation sites is 1. The molecule has 1 saturated carbocycles. The largest absolute Gasteiger partial charge is 0.338 e. The molecular formula is C21H29NSi. The molecule has 0 radical (unpaired) electrons. The van der Waals surface area contributed by atoms with E-state index in [0.29, 0.717) is 6.04 Å². The minimum atomic E-state index is -1.23. The third-order valence-corrected chi connectivity index (χ3v) is 7.05. The van der Waals surface area contributed by atoms with Crippen molar-refractivity contribution in [3.8, 4) is 0 Å². The Labute approximate surface area is 142 Å². The third-order valence-electron chi connectivity index (χ3n) is 4.99. The van der Waals surface area contributed by atoms with Gasteiger partial charge in [-0.05, 0) is 37.1 Å². The topological polar surface area (TPSA) is 3.24 Å². The molecule has 0 N–H and O–H groups in total. The van der Waals surface area contributed by atoms with E-state index in [2.05, 4.69) is 79.1 Å². The first-order chi connectivity index (χ1) is 11.1. The second-order valence-electron chi connectivity index (χ2n) is 7.79. The lowest BCUT2D eigenvalue weighted by atomic mass is 9.93. The highest BCUT2D eigenvalue weighted by Gasteiger charge is 2.23. The van der Waals surface area contributed by atoms with Gasteiger partial charge in [0.15, 0.2) is 0 Å². The summed E-state index contributed by atoms with van der Waals surface area (Å²) in [5.41, 5.74) is 2.69. The van der Waals surface area contributed by atoms with Gasteiger partial charge in [-0.3, -0.25) is 0 Å². The Bertz CT molecular complexity index is 607. The molecule has 0 heterocycles. The number of hydrogen-bond donors (Lipinski definition) is 0. The number of benzene rings is 2. The van der Waals surface area contributed by atoms with E-state index in [4.69, 9.17) is 0 Å². The van der Waals surface area contributed by atoms with Crippen LogP contribution in [0.2, 0.25) is 19.6 Å². The molecule has 0 unspecified atom stereocenters. The SMILES string of the molecule is C[Si](C)(C)c1ccc(N(c2ccccc2)C2CCCCC2)cc1. The smallest absolute Gasteiger partial charge is 0.0775 e. The summed E-state index contributed by atoms with van der Waals surface area (Å²) < 4.78 is 0. The summed E-state index contributed by atoms with van der Waals surface area (Å²) in [4.78, 5) is 2.58. The molecule has 1 aliphatic carbocycles. The summed E-state index contributed by atoms with van der Waals surface area (Å²) in [5.74, 6) is 0. The van der Waals surface area contributed by atoms with Crippen LogP contribution in [0.25, 0.3) is 0 Å². The van der Waals surface area contributed by atoms with Crippen LogP contribution in [-0.2, 0) is 0 Å². The summed E-state index contributed by atoms with van der Waals surface area (Å²) in [6.07, 6.45) is 6.74. The molecule has 3 rings (SSSR count). The second kappa shape index (κ2) is 6.92. The Morgan fingerprint density at radius 2 is 1.30 bits per heavy atom. The van der Waals surface area contributed by atoms with Crippen LogP contribution in [0.4, 0.5) is 11.4 Å². The fourth-order valence-corrected chi connectivity index (χ4v) is 4.79. The summed E-state index contributed by atoms with van der Waals surface area (Å²) >= 11 is 0. The van der Waals surface area contributed by atoms with Crippen molar-refractivity contribution in [2.24, 2.45) is 0 Å². The quantitative estimate of drug-likeness (QED) is 0.652. The molecule has 0 aliphatic heterocycles. The summed E-state index contributed by atoms with van der Waals surface area (Å²) in [6.45, 7) is 7.24. The van der Waals surface area contributed by atoms with E-state index in [1.54, 1.807) is 0 Å². The van der Waals surface area contributed by atoms with Crippen LogP contribution >= 0.6 is 0 Å². The zero-order valence-corrected chi connectivity index (χ0v) is 15.8. The highest BCUT2D eigenvalue weighted by Crippen LogP contribution is 2.33. The normalized spacial score (nSPS) is 16.3. The minimum absolute atomic E-state index is 0.642. The Morgan fingerprint density at radius 1 is 0.739 bits per heavy atom. The lowest BCUT2D eigenvalue weighted by Crippen LogP contribution is -2.38. The third kappa shape index (κ3) is 3.87. The first kappa shape index (κ1) is 16.3. The fraction of sp³-hybridized carbons (Fsp3) is 0.429. The summed E-state index contributed by atoms with van der Waals surface area (Å²) in [6, 6.07) is 21.0. The van der Waals surface area contributed by atoms with Crippen LogP contribution < -0.4 is 10.1 Å². The molecular weight excluding hydrogens is 294 g/mol. The molecule has 0 aromatic heterocycles. The molecule has 122 valence electrons. The zero-order valence-electron chi connectivity index (χ0n) is 14.8. The van der Waals surface area contributed by atoms with Gasteiger partial charge in [-0.1, -0.05) is 74.4 Å². The van der Waals surface area contributed by atoms with E-state index >= 15 is 0 Å². The molecule has 2 heteroatoms. The molecule has 1 aliphatic rings. The van der Waals surface area contributed by atoms with Gasteiger partial charge in [-0.25, -0.2) is 0 Å². The van der Waals surface area contributed by atoms with Gasteiger partial charge in [0.2, 0.25) is 0 Å². The molecule has 0 saturated heterocycles. The Kier molecular flexibility index (Phi) is 4.91. The predicted octanol–water partition coefficient (Wildman–Crippen LogP) is 5.70. The standard InChI is InChI=1S/C21H29NSi/c1-23(2,3)21-16-14-20(15-17-21)22(18-10-6-4-7-11-18)19-12-8-5-9-13-19/h4,6-7,10-11,14-17,19H,5,8-9,12-13H2,1-3H3. The average molecular weight is 324 g/mol. The van der Waals surface area contributed by atoms with Crippen LogP contribution in [0.15, 0.2) is 54.6 Å². The first-order valence-corrected chi connectivity index (χ1v) is 12.5. The molecule has 0 amide bonds. The monoisotopic (exact) mass is 323 g/mol. The van der Waals surface area contributed by atoms with Gasteiger partial charge >= 0.3 is 0 Å². The molecule has 0 atom stereocenters. The fourth-order valence-electron chi connectivity index (χ4n) is 3.62. The maximum Gasteiger partial charge on any atom is 0.0775 e. The van der Waals surface area contributed by atoms with Crippen LogP contribution in [0.3, 0.4) is 0 Å². The van der Waals surface area contributed by atoms with Gasteiger partial charge in [0.1, 0.15) is 0 Å². The lowest BCUT2D eigenvalue weighted by molar-refractivity contribution is 0.436. The number of hydrogen-bond acceptors (Lipinski definition) is 1. The van der Waals surface area contributed by atoms with Gasteiger partial charge in [0.05, 0.1) is 8.07 Å². The molecule has 23 heavy (non-hydrogen) atoms. The van der Waals surface area contributed by atoms with E-state index in [9.17, 15) is 0 Å². The van der Waals surface area contributed by atoms with Crippen molar-refractivity contribution in [2.45, 2.75) is 57.8 Å². The van der Waals surface area contributed by atoms with E-state index in [1.807, 2.05) is 0 Å². The number of nitrogens with zero attached hydrogens (tertiary/aromatic N) is 1. The summed E-state index contributed by atoms with van der Waals surface area (Å²) in [5, 5.41) is 1.54. The predicted molar refractivity (Wildman–Crippen MR) is 105 cm³/mol. The summed E-state index contributed by atoms with van der Waals surface area (Å²) in [7, 11) is -1.23. The van der Waals surface area contributed by atoms with E-state index in [0.717, 1.165) is 0 Å². The Balaban J connectivity index is 1.94. The van der Waals surface area contributed by atoms with Crippen molar-refractivity contribution >= 4 is 24.6 Å². The maximum atomic E-state index is 2.58. The van der Waals surface area contributed by atoms with Crippen LogP contribution in [0.1, 0.15) is 32.1 Å². The molecule has 1 fully saturated rings. The highest BCUT2D eigenvalue weighted by molar-refractivity contribution is 6.88. The lowest BCUT2D eigenvalue weighted by Gasteiger charge is -2.36. The van der Waals surface area contributed by atoms with Crippen LogP contribution in [0, 0.1) is 0 Å². The minimum Gasteiger partial charge on any atom is -0.338 e. The number of rotatable bonds is 4. The van der Waals surface area contributed by atoms with Gasteiger partial charge in [0, 0.05) is 17.4 Å². The van der Waals surface area contributed by atoms with Crippen molar-refractivity contribution in [1.82, 2.24) is 0 Å². The van der Waals surface area contributed by atoms with Crippen molar-refractivity contribution in [2.75, 3.05) is 4.90 Å². The Morgan fingerprint density at radius 3 is 1.87 bits per heavy atom. The molecule has 0 spiro atoms. The molecule has 2 aromatic carbocycles. The first-order valence-electron chi connectivity index (χ1n) is 9.00. The van der Waals surface area contributed by atoms with Crippen LogP contribution in [-0.4, -0.2) is 14.1 Å². The zero-order chi connectivity index (χ0) is 16.3. The Hall–Kier alpha value is -1.54. The number of anilines is 2. The maximum absolute atomic E-state index is 2.58. The second-order valence-corrected chi connectivity index (χ2v) is 12.9. The van der Waals surface area contributed by atoms with Crippen molar-refractivity contribution in [3.63, 3.8) is 0 Å². The van der Waals surface area contributed by atoms with Gasteiger partial charge in [0.25, 0.3) is 0 Å². The van der Waals surface area contributed by atoms with E-state index in [1.165, 1.54) is 48.7 Å². The molecule has 1 nitrogen and oxygen atoms in total. The van der Waals surface area contributed by atoms with E-state index in [-0.39, 0.29) is 0 Å². The highest BCUT2D eigenvalue weighted by atomic mass is 28.3. The molecule has 2 aromatic rings. The van der Waals surface area contributed by atoms with Gasteiger partial charge in [-0.2, -0.15) is 0 Å².